The van der Waals surface area contributed by atoms with Crippen LogP contribution < -0.4 is 26.8 Å². The summed E-state index contributed by atoms with van der Waals surface area (Å²) < 4.78 is 20.3. The summed E-state index contributed by atoms with van der Waals surface area (Å²) >= 11 is 0. The van der Waals surface area contributed by atoms with Gasteiger partial charge in [-0.3, -0.25) is 14.4 Å². The van der Waals surface area contributed by atoms with Gasteiger partial charge in [0.1, 0.15) is 28.7 Å². The average molecular weight is 411 g/mol. The zero-order chi connectivity index (χ0) is 21.8. The molecule has 0 aliphatic carbocycles. The molecular formula is C22H22FN3O4. The van der Waals surface area contributed by atoms with Gasteiger partial charge in [0.05, 0.1) is 22.8 Å². The lowest BCUT2D eigenvalue weighted by molar-refractivity contribution is 0.0940. The van der Waals surface area contributed by atoms with Crippen molar-refractivity contribution in [1.82, 2.24) is 5.32 Å². The summed E-state index contributed by atoms with van der Waals surface area (Å²) in [6.45, 7) is 7.33. The summed E-state index contributed by atoms with van der Waals surface area (Å²) in [7, 11) is 0. The second kappa shape index (κ2) is 6.83. The minimum Gasteiger partial charge on any atom is -0.464 e. The third kappa shape index (κ3) is 2.99. The van der Waals surface area contributed by atoms with Crippen LogP contribution in [-0.2, 0) is 5.54 Å². The highest BCUT2D eigenvalue weighted by molar-refractivity contribution is 6.06. The Balaban J connectivity index is 1.71. The van der Waals surface area contributed by atoms with Gasteiger partial charge in [-0.25, -0.2) is 4.39 Å². The van der Waals surface area contributed by atoms with Crippen molar-refractivity contribution in [2.24, 2.45) is 0 Å². The summed E-state index contributed by atoms with van der Waals surface area (Å²) in [5.74, 6) is 0.225. The van der Waals surface area contributed by atoms with Gasteiger partial charge in [-0.05, 0) is 51.0 Å². The van der Waals surface area contributed by atoms with Crippen molar-refractivity contribution in [3.05, 3.63) is 73.2 Å². The van der Waals surface area contributed by atoms with Gasteiger partial charge in [0.15, 0.2) is 0 Å². The van der Waals surface area contributed by atoms with Crippen molar-refractivity contribution in [3.63, 3.8) is 0 Å². The lowest BCUT2D eigenvalue weighted by Gasteiger charge is -2.21. The van der Waals surface area contributed by atoms with E-state index >= 15 is 0 Å². The molecule has 0 radical (unpaired) electrons. The summed E-state index contributed by atoms with van der Waals surface area (Å²) in [4.78, 5) is 36.9. The lowest BCUT2D eigenvalue weighted by Crippen LogP contribution is -2.37. The quantitative estimate of drug-likeness (QED) is 0.536. The van der Waals surface area contributed by atoms with Gasteiger partial charge >= 0.3 is 0 Å². The predicted molar refractivity (Wildman–Crippen MR) is 112 cm³/mol. The number of furan rings is 1. The first-order valence-electron chi connectivity index (χ1n) is 9.72. The van der Waals surface area contributed by atoms with Gasteiger partial charge in [0.2, 0.25) is 0 Å². The molecule has 2 aromatic carbocycles. The summed E-state index contributed by atoms with van der Waals surface area (Å²) in [5, 5.41) is 8.53. The summed E-state index contributed by atoms with van der Waals surface area (Å²) in [6.07, 6.45) is 0.594. The minimum atomic E-state index is -0.766. The van der Waals surface area contributed by atoms with Crippen molar-refractivity contribution in [2.45, 2.75) is 45.7 Å². The fraction of sp³-hybridized carbons (Fsp3) is 0.318. The number of benzene rings is 1. The first-order valence-corrected chi connectivity index (χ1v) is 9.72. The highest BCUT2D eigenvalue weighted by atomic mass is 19.1. The Hall–Kier alpha value is -3.42. The smallest absolute Gasteiger partial charge is 0.254 e. The molecule has 1 aliphatic heterocycles. The van der Waals surface area contributed by atoms with Gasteiger partial charge in [-0.2, -0.15) is 0 Å². The fourth-order valence-corrected chi connectivity index (χ4v) is 3.83. The van der Waals surface area contributed by atoms with E-state index in [9.17, 15) is 18.8 Å². The molecule has 1 atom stereocenters. The molecule has 0 spiro atoms. The molecule has 1 unspecified atom stereocenters. The van der Waals surface area contributed by atoms with Crippen molar-refractivity contribution in [2.75, 3.05) is 10.6 Å². The second-order valence-electron chi connectivity index (χ2n) is 8.01. The van der Waals surface area contributed by atoms with Gasteiger partial charge in [-0.1, -0.05) is 13.0 Å². The number of carbonyl (C=O) groups excluding carboxylic acids is 1. The van der Waals surface area contributed by atoms with Gasteiger partial charge in [0.25, 0.3) is 16.8 Å². The van der Waals surface area contributed by atoms with Crippen LogP contribution in [0, 0.1) is 12.7 Å². The van der Waals surface area contributed by atoms with Crippen molar-refractivity contribution in [3.8, 4) is 0 Å². The number of fused-ring (bicyclic) bond motifs is 1. The average Bonchev–Trinajstić information content (AvgIpc) is 3.22. The van der Waals surface area contributed by atoms with Crippen LogP contribution in [0.1, 0.15) is 60.7 Å². The molecule has 0 fully saturated rings. The fourth-order valence-electron chi connectivity index (χ4n) is 3.83. The standard InChI is InChI=1S/C22H22FN3O4/c1-5-13(14-9-6-10(2)30-14)24-17-18(20(28)19(17)27)25-16-12(23)8-7-11-15(16)21(29)26-22(11,3)4/h6-9,13,24-25H,5H2,1-4H3,(H,26,29). The maximum absolute atomic E-state index is 14.6. The summed E-state index contributed by atoms with van der Waals surface area (Å²) in [6, 6.07) is 6.05. The van der Waals surface area contributed by atoms with Crippen molar-refractivity contribution < 1.29 is 13.6 Å². The zero-order valence-corrected chi connectivity index (χ0v) is 17.1. The topological polar surface area (TPSA) is 100 Å². The van der Waals surface area contributed by atoms with Crippen LogP contribution in [0.25, 0.3) is 0 Å². The Morgan fingerprint density at radius 2 is 1.77 bits per heavy atom. The van der Waals surface area contributed by atoms with Crippen molar-refractivity contribution >= 4 is 23.0 Å². The number of halogens is 1. The Labute approximate surface area is 172 Å². The Morgan fingerprint density at radius 3 is 2.40 bits per heavy atom. The molecule has 0 saturated heterocycles. The molecule has 4 rings (SSSR count). The molecule has 1 aromatic heterocycles. The number of hydrogen-bond acceptors (Lipinski definition) is 6. The molecule has 2 heterocycles. The summed E-state index contributed by atoms with van der Waals surface area (Å²) in [5.41, 5.74) is -1.52. The van der Waals surface area contributed by atoms with E-state index in [1.165, 1.54) is 6.07 Å². The number of carbonyl (C=O) groups is 1. The molecule has 1 amide bonds. The minimum absolute atomic E-state index is 0.0515. The first kappa shape index (κ1) is 19.9. The van der Waals surface area contributed by atoms with Crippen molar-refractivity contribution in [1.29, 1.82) is 0 Å². The molecule has 30 heavy (non-hydrogen) atoms. The van der Waals surface area contributed by atoms with Crippen LogP contribution in [0.15, 0.2) is 38.3 Å². The van der Waals surface area contributed by atoms with E-state index in [0.29, 0.717) is 17.7 Å². The van der Waals surface area contributed by atoms with E-state index in [-0.39, 0.29) is 28.7 Å². The number of anilines is 3. The van der Waals surface area contributed by atoms with E-state index in [4.69, 9.17) is 4.42 Å². The van der Waals surface area contributed by atoms with Gasteiger partial charge in [-0.15, -0.1) is 0 Å². The first-order chi connectivity index (χ1) is 14.1. The second-order valence-corrected chi connectivity index (χ2v) is 8.01. The Morgan fingerprint density at radius 1 is 1.07 bits per heavy atom. The largest absolute Gasteiger partial charge is 0.464 e. The highest BCUT2D eigenvalue weighted by Crippen LogP contribution is 2.38. The molecule has 3 N–H and O–H groups in total. The monoisotopic (exact) mass is 411 g/mol. The van der Waals surface area contributed by atoms with Crippen LogP contribution in [-0.4, -0.2) is 5.91 Å². The van der Waals surface area contributed by atoms with Crippen LogP contribution in [0.4, 0.5) is 21.5 Å². The van der Waals surface area contributed by atoms with E-state index in [1.54, 1.807) is 26.0 Å². The van der Waals surface area contributed by atoms with E-state index in [0.717, 1.165) is 5.76 Å². The molecule has 156 valence electrons. The van der Waals surface area contributed by atoms with Gasteiger partial charge in [0, 0.05) is 0 Å². The molecule has 7 nitrogen and oxygen atoms in total. The maximum atomic E-state index is 14.6. The SMILES string of the molecule is CCC(Nc1c(Nc2c(F)ccc3c2C(=O)NC3(C)C)c(=O)c1=O)c1ccc(C)o1. The van der Waals surface area contributed by atoms with Crippen LogP contribution in [0.3, 0.4) is 0 Å². The molecule has 3 aromatic rings. The van der Waals surface area contributed by atoms with Crippen LogP contribution in [0.2, 0.25) is 0 Å². The normalized spacial score (nSPS) is 15.7. The molecular weight excluding hydrogens is 389 g/mol. The third-order valence-corrected chi connectivity index (χ3v) is 5.47. The zero-order valence-electron chi connectivity index (χ0n) is 17.1. The third-order valence-electron chi connectivity index (χ3n) is 5.47. The van der Waals surface area contributed by atoms with Crippen LogP contribution >= 0.6 is 0 Å². The molecule has 8 heteroatoms. The van der Waals surface area contributed by atoms with Gasteiger partial charge < -0.3 is 20.4 Å². The number of nitrogens with one attached hydrogen (secondary N) is 3. The maximum Gasteiger partial charge on any atom is 0.254 e. The van der Waals surface area contributed by atoms with E-state index in [1.807, 2.05) is 19.9 Å². The molecule has 0 saturated carbocycles. The Kier molecular flexibility index (Phi) is 4.52. The van der Waals surface area contributed by atoms with E-state index < -0.39 is 28.1 Å². The Bertz CT molecular complexity index is 1230. The van der Waals surface area contributed by atoms with Crippen LogP contribution in [0.5, 0.6) is 0 Å². The number of aryl methyl sites for hydroxylation is 1. The number of amides is 1. The number of rotatable bonds is 6. The molecule has 1 aliphatic rings. The molecule has 0 bridgehead atoms. The van der Waals surface area contributed by atoms with E-state index in [2.05, 4.69) is 16.0 Å². The number of hydrogen-bond donors (Lipinski definition) is 3. The highest BCUT2D eigenvalue weighted by Gasteiger charge is 2.38. The predicted octanol–water partition coefficient (Wildman–Crippen LogP) is 3.61. The lowest BCUT2D eigenvalue weighted by atomic mass is 9.93.